The SMILES string of the molecule is CCCN(C(=O)C=Cc1cccs1)C1CC2CCC(C1)N2. The molecule has 3 rings (SSSR count). The lowest BCUT2D eigenvalue weighted by Crippen LogP contribution is -2.50. The van der Waals surface area contributed by atoms with Gasteiger partial charge in [0.1, 0.15) is 0 Å². The number of carbonyl (C=O) groups is 1. The number of hydrogen-bond donors (Lipinski definition) is 1. The van der Waals surface area contributed by atoms with Gasteiger partial charge in [-0.05, 0) is 49.6 Å². The molecule has 0 saturated carbocycles. The number of amides is 1. The Balaban J connectivity index is 1.67. The lowest BCUT2D eigenvalue weighted by molar-refractivity contribution is -0.129. The van der Waals surface area contributed by atoms with Crippen molar-refractivity contribution in [1.29, 1.82) is 0 Å². The molecule has 114 valence electrons. The highest BCUT2D eigenvalue weighted by Gasteiger charge is 2.36. The number of nitrogens with zero attached hydrogens (tertiary/aromatic N) is 1. The predicted octanol–water partition coefficient (Wildman–Crippen LogP) is 3.28. The Morgan fingerprint density at radius 2 is 2.19 bits per heavy atom. The third kappa shape index (κ3) is 3.55. The summed E-state index contributed by atoms with van der Waals surface area (Å²) < 4.78 is 0. The fraction of sp³-hybridized carbons (Fsp3) is 0.588. The third-order valence-corrected chi connectivity index (χ3v) is 5.41. The number of carbonyl (C=O) groups excluding carboxylic acids is 1. The van der Waals surface area contributed by atoms with Crippen molar-refractivity contribution in [2.24, 2.45) is 0 Å². The molecule has 2 saturated heterocycles. The third-order valence-electron chi connectivity index (χ3n) is 4.57. The summed E-state index contributed by atoms with van der Waals surface area (Å²) in [4.78, 5) is 15.8. The average molecular weight is 304 g/mol. The van der Waals surface area contributed by atoms with E-state index in [1.165, 1.54) is 12.8 Å². The van der Waals surface area contributed by atoms with Gasteiger partial charge in [0.25, 0.3) is 0 Å². The number of nitrogens with one attached hydrogen (secondary N) is 1. The molecule has 2 aliphatic heterocycles. The zero-order valence-electron chi connectivity index (χ0n) is 12.6. The van der Waals surface area contributed by atoms with E-state index in [-0.39, 0.29) is 5.91 Å². The molecule has 0 aliphatic carbocycles. The summed E-state index contributed by atoms with van der Waals surface area (Å²) in [5, 5.41) is 5.70. The fourth-order valence-corrected chi connectivity index (χ4v) is 4.25. The first-order valence-electron chi connectivity index (χ1n) is 8.04. The maximum atomic E-state index is 12.6. The van der Waals surface area contributed by atoms with Gasteiger partial charge in [-0.1, -0.05) is 13.0 Å². The second kappa shape index (κ2) is 6.75. The molecule has 1 aromatic heterocycles. The molecule has 1 aromatic rings. The molecule has 1 N–H and O–H groups in total. The number of piperidine rings is 1. The molecule has 1 amide bonds. The van der Waals surface area contributed by atoms with Crippen LogP contribution in [0.4, 0.5) is 0 Å². The standard InChI is InChI=1S/C17H24N2OS/c1-2-9-19(15-11-13-5-6-14(12-15)18-13)17(20)8-7-16-4-3-10-21-16/h3-4,7-8,10,13-15,18H,2,5-6,9,11-12H2,1H3. The van der Waals surface area contributed by atoms with E-state index < -0.39 is 0 Å². The first-order valence-corrected chi connectivity index (χ1v) is 8.92. The monoisotopic (exact) mass is 304 g/mol. The van der Waals surface area contributed by atoms with Crippen LogP contribution in [-0.2, 0) is 4.79 Å². The Hall–Kier alpha value is -1.13. The van der Waals surface area contributed by atoms with Crippen LogP contribution in [0, 0.1) is 0 Å². The van der Waals surface area contributed by atoms with Crippen LogP contribution >= 0.6 is 11.3 Å². The molecular weight excluding hydrogens is 280 g/mol. The van der Waals surface area contributed by atoms with Gasteiger partial charge in [-0.2, -0.15) is 0 Å². The Labute approximate surface area is 131 Å². The first-order chi connectivity index (χ1) is 10.3. The summed E-state index contributed by atoms with van der Waals surface area (Å²) in [5.41, 5.74) is 0. The smallest absolute Gasteiger partial charge is 0.246 e. The summed E-state index contributed by atoms with van der Waals surface area (Å²) in [6.45, 7) is 3.02. The summed E-state index contributed by atoms with van der Waals surface area (Å²) in [6.07, 6.45) is 9.53. The van der Waals surface area contributed by atoms with Gasteiger partial charge in [0, 0.05) is 35.6 Å². The maximum Gasteiger partial charge on any atom is 0.246 e. The molecule has 21 heavy (non-hydrogen) atoms. The van der Waals surface area contributed by atoms with E-state index in [4.69, 9.17) is 0 Å². The average Bonchev–Trinajstić information content (AvgIpc) is 3.12. The predicted molar refractivity (Wildman–Crippen MR) is 88.3 cm³/mol. The van der Waals surface area contributed by atoms with Crippen molar-refractivity contribution in [2.45, 2.75) is 57.2 Å². The van der Waals surface area contributed by atoms with Crippen LogP contribution in [0.15, 0.2) is 23.6 Å². The minimum Gasteiger partial charge on any atom is -0.336 e. The lowest BCUT2D eigenvalue weighted by atomic mass is 9.97. The van der Waals surface area contributed by atoms with Crippen LogP contribution < -0.4 is 5.32 Å². The van der Waals surface area contributed by atoms with Crippen LogP contribution in [0.3, 0.4) is 0 Å². The molecule has 2 atom stereocenters. The number of rotatable bonds is 5. The maximum absolute atomic E-state index is 12.6. The number of thiophene rings is 1. The van der Waals surface area contributed by atoms with Gasteiger partial charge in [-0.3, -0.25) is 4.79 Å². The highest BCUT2D eigenvalue weighted by molar-refractivity contribution is 7.10. The van der Waals surface area contributed by atoms with E-state index in [9.17, 15) is 4.79 Å². The molecule has 0 aromatic carbocycles. The Bertz CT molecular complexity index is 485. The van der Waals surface area contributed by atoms with Gasteiger partial charge in [0.2, 0.25) is 5.91 Å². The van der Waals surface area contributed by atoms with E-state index in [1.807, 2.05) is 23.6 Å². The van der Waals surface area contributed by atoms with Crippen molar-refractivity contribution in [3.05, 3.63) is 28.5 Å². The van der Waals surface area contributed by atoms with E-state index in [0.29, 0.717) is 18.1 Å². The molecule has 3 nitrogen and oxygen atoms in total. The van der Waals surface area contributed by atoms with Crippen molar-refractivity contribution >= 4 is 23.3 Å². The molecular formula is C17H24N2OS. The van der Waals surface area contributed by atoms with E-state index in [0.717, 1.165) is 30.7 Å². The second-order valence-electron chi connectivity index (χ2n) is 6.14. The van der Waals surface area contributed by atoms with Crippen molar-refractivity contribution < 1.29 is 4.79 Å². The van der Waals surface area contributed by atoms with Gasteiger partial charge in [0.05, 0.1) is 0 Å². The van der Waals surface area contributed by atoms with Gasteiger partial charge in [0.15, 0.2) is 0 Å². The summed E-state index contributed by atoms with van der Waals surface area (Å²) >= 11 is 1.67. The number of hydrogen-bond acceptors (Lipinski definition) is 3. The normalized spacial score (nSPS) is 28.1. The van der Waals surface area contributed by atoms with E-state index in [1.54, 1.807) is 17.4 Å². The molecule has 2 bridgehead atoms. The van der Waals surface area contributed by atoms with Gasteiger partial charge in [-0.25, -0.2) is 0 Å². The topological polar surface area (TPSA) is 32.3 Å². The molecule has 4 heteroatoms. The molecule has 3 heterocycles. The summed E-state index contributed by atoms with van der Waals surface area (Å²) in [6, 6.07) is 5.74. The largest absolute Gasteiger partial charge is 0.336 e. The number of fused-ring (bicyclic) bond motifs is 2. The first kappa shape index (κ1) is 14.8. The van der Waals surface area contributed by atoms with E-state index in [2.05, 4.69) is 17.1 Å². The van der Waals surface area contributed by atoms with Crippen LogP contribution in [0.2, 0.25) is 0 Å². The fourth-order valence-electron chi connectivity index (χ4n) is 3.63. The Morgan fingerprint density at radius 3 is 2.81 bits per heavy atom. The van der Waals surface area contributed by atoms with Crippen LogP contribution in [0.25, 0.3) is 6.08 Å². The van der Waals surface area contributed by atoms with Crippen molar-refractivity contribution in [3.8, 4) is 0 Å². The van der Waals surface area contributed by atoms with E-state index >= 15 is 0 Å². The highest BCUT2D eigenvalue weighted by Crippen LogP contribution is 2.30. The van der Waals surface area contributed by atoms with Gasteiger partial charge >= 0.3 is 0 Å². The minimum atomic E-state index is 0.177. The second-order valence-corrected chi connectivity index (χ2v) is 7.12. The zero-order valence-corrected chi connectivity index (χ0v) is 13.4. The molecule has 2 unspecified atom stereocenters. The van der Waals surface area contributed by atoms with Crippen LogP contribution in [0.5, 0.6) is 0 Å². The van der Waals surface area contributed by atoms with Crippen LogP contribution in [0.1, 0.15) is 43.9 Å². The zero-order chi connectivity index (χ0) is 14.7. The minimum absolute atomic E-state index is 0.177. The van der Waals surface area contributed by atoms with Gasteiger partial charge in [-0.15, -0.1) is 11.3 Å². The highest BCUT2D eigenvalue weighted by atomic mass is 32.1. The van der Waals surface area contributed by atoms with Gasteiger partial charge < -0.3 is 10.2 Å². The Morgan fingerprint density at radius 1 is 1.43 bits per heavy atom. The summed E-state index contributed by atoms with van der Waals surface area (Å²) in [5.74, 6) is 0.177. The molecule has 0 spiro atoms. The summed E-state index contributed by atoms with van der Waals surface area (Å²) in [7, 11) is 0. The molecule has 2 fully saturated rings. The van der Waals surface area contributed by atoms with Crippen LogP contribution in [-0.4, -0.2) is 35.5 Å². The molecule has 0 radical (unpaired) electrons. The van der Waals surface area contributed by atoms with Crippen molar-refractivity contribution in [2.75, 3.05) is 6.54 Å². The lowest BCUT2D eigenvalue weighted by Gasteiger charge is -2.37. The quantitative estimate of drug-likeness (QED) is 0.847. The Kier molecular flexibility index (Phi) is 4.76. The van der Waals surface area contributed by atoms with Crippen molar-refractivity contribution in [1.82, 2.24) is 10.2 Å². The van der Waals surface area contributed by atoms with Crippen molar-refractivity contribution in [3.63, 3.8) is 0 Å². The molecule has 2 aliphatic rings.